The van der Waals surface area contributed by atoms with E-state index >= 15 is 0 Å². The van der Waals surface area contributed by atoms with Gasteiger partial charge in [0.2, 0.25) is 0 Å². The third kappa shape index (κ3) is 2.87. The molecule has 0 heterocycles. The van der Waals surface area contributed by atoms with Crippen LogP contribution in [0.3, 0.4) is 0 Å². The summed E-state index contributed by atoms with van der Waals surface area (Å²) in [6, 6.07) is 0.00921. The Labute approximate surface area is 86.8 Å². The van der Waals surface area contributed by atoms with Crippen molar-refractivity contribution in [1.82, 2.24) is 4.90 Å². The molecule has 0 fully saturated rings. The first-order valence-corrected chi connectivity index (χ1v) is 5.11. The third-order valence-corrected chi connectivity index (χ3v) is 3.13. The van der Waals surface area contributed by atoms with Gasteiger partial charge in [-0.1, -0.05) is 19.0 Å². The van der Waals surface area contributed by atoms with E-state index in [2.05, 4.69) is 30.8 Å². The number of oxime groups is 1. The van der Waals surface area contributed by atoms with Gasteiger partial charge in [-0.05, 0) is 33.7 Å². The molecule has 84 valence electrons. The topological polar surface area (TPSA) is 61.9 Å². The molecule has 0 saturated heterocycles. The van der Waals surface area contributed by atoms with Gasteiger partial charge in [-0.15, -0.1) is 0 Å². The molecule has 0 rings (SSSR count). The van der Waals surface area contributed by atoms with Crippen molar-refractivity contribution < 1.29 is 5.21 Å². The lowest BCUT2D eigenvalue weighted by Crippen LogP contribution is -2.52. The van der Waals surface area contributed by atoms with Gasteiger partial charge in [0.15, 0.2) is 5.84 Å². The highest BCUT2D eigenvalue weighted by Crippen LogP contribution is 2.20. The maximum atomic E-state index is 8.66. The van der Waals surface area contributed by atoms with Gasteiger partial charge in [-0.3, -0.25) is 4.90 Å². The summed E-state index contributed by atoms with van der Waals surface area (Å²) in [5.74, 6) is 0.288. The second-order valence-corrected chi connectivity index (χ2v) is 4.23. The van der Waals surface area contributed by atoms with Crippen molar-refractivity contribution in [2.24, 2.45) is 10.9 Å². The van der Waals surface area contributed by atoms with E-state index < -0.39 is 0 Å². The molecule has 0 aromatic heterocycles. The molecule has 4 heteroatoms. The fraction of sp³-hybridized carbons (Fsp3) is 0.900. The second kappa shape index (κ2) is 5.20. The third-order valence-electron chi connectivity index (χ3n) is 3.13. The first kappa shape index (κ1) is 13.2. The van der Waals surface area contributed by atoms with Gasteiger partial charge in [0, 0.05) is 5.54 Å². The van der Waals surface area contributed by atoms with Crippen LogP contribution < -0.4 is 5.73 Å². The van der Waals surface area contributed by atoms with E-state index in [4.69, 9.17) is 10.9 Å². The molecule has 0 radical (unpaired) electrons. The number of nitrogens with two attached hydrogens (primary N) is 1. The Morgan fingerprint density at radius 1 is 1.50 bits per heavy atom. The lowest BCUT2D eigenvalue weighted by molar-refractivity contribution is 0.123. The molecule has 0 bridgehead atoms. The molecule has 0 aliphatic rings. The molecule has 0 spiro atoms. The first-order chi connectivity index (χ1) is 6.40. The van der Waals surface area contributed by atoms with Crippen LogP contribution in [0.5, 0.6) is 0 Å². The van der Waals surface area contributed by atoms with E-state index in [0.717, 1.165) is 12.8 Å². The Hall–Kier alpha value is -0.770. The van der Waals surface area contributed by atoms with E-state index in [1.54, 1.807) is 0 Å². The van der Waals surface area contributed by atoms with Crippen molar-refractivity contribution in [1.29, 1.82) is 0 Å². The van der Waals surface area contributed by atoms with Crippen LogP contribution in [0.2, 0.25) is 0 Å². The first-order valence-electron chi connectivity index (χ1n) is 5.11. The molecule has 0 aliphatic heterocycles. The smallest absolute Gasteiger partial charge is 0.156 e. The number of rotatable bonds is 5. The molecule has 4 nitrogen and oxygen atoms in total. The number of likely N-dealkylation sites (N-methyl/N-ethyl adjacent to an activating group) is 1. The van der Waals surface area contributed by atoms with Crippen molar-refractivity contribution in [3.63, 3.8) is 0 Å². The largest absolute Gasteiger partial charge is 0.409 e. The van der Waals surface area contributed by atoms with E-state index in [1.165, 1.54) is 0 Å². The number of nitrogens with zero attached hydrogens (tertiary/aromatic N) is 2. The lowest BCUT2D eigenvalue weighted by atomic mass is 9.96. The minimum atomic E-state index is 0.00921. The van der Waals surface area contributed by atoms with E-state index in [-0.39, 0.29) is 17.4 Å². The van der Waals surface area contributed by atoms with Crippen molar-refractivity contribution in [3.05, 3.63) is 0 Å². The molecule has 1 unspecified atom stereocenters. The van der Waals surface area contributed by atoms with Crippen molar-refractivity contribution in [2.75, 3.05) is 7.05 Å². The van der Waals surface area contributed by atoms with Gasteiger partial charge in [-0.25, -0.2) is 0 Å². The molecule has 3 N–H and O–H groups in total. The molecular formula is C10H23N3O. The molecule has 0 aromatic rings. The summed E-state index contributed by atoms with van der Waals surface area (Å²) in [6.07, 6.45) is 1.87. The second-order valence-electron chi connectivity index (χ2n) is 4.23. The Morgan fingerprint density at radius 3 is 2.29 bits per heavy atom. The predicted molar refractivity (Wildman–Crippen MR) is 59.6 cm³/mol. The standard InChI is InChI=1S/C10H23N3O/c1-6-8(9(11)12-14)13(5)10(3,4)7-2/h8,14H,6-7H2,1-5H3,(H2,11,12). The number of amidine groups is 1. The fourth-order valence-corrected chi connectivity index (χ4v) is 1.42. The van der Waals surface area contributed by atoms with Crippen LogP contribution in [-0.4, -0.2) is 34.6 Å². The highest BCUT2D eigenvalue weighted by molar-refractivity contribution is 5.85. The Kier molecular flexibility index (Phi) is 4.91. The molecule has 14 heavy (non-hydrogen) atoms. The van der Waals surface area contributed by atoms with Crippen molar-refractivity contribution >= 4 is 5.84 Å². The van der Waals surface area contributed by atoms with Crippen LogP contribution in [0.15, 0.2) is 5.16 Å². The quantitative estimate of drug-likeness (QED) is 0.307. The van der Waals surface area contributed by atoms with Crippen LogP contribution in [-0.2, 0) is 0 Å². The Bertz CT molecular complexity index is 202. The van der Waals surface area contributed by atoms with Gasteiger partial charge in [0.1, 0.15) is 0 Å². The summed E-state index contributed by atoms with van der Waals surface area (Å²) in [5, 5.41) is 11.7. The molecule has 0 saturated carbocycles. The molecule has 1 atom stereocenters. The monoisotopic (exact) mass is 201 g/mol. The van der Waals surface area contributed by atoms with Crippen LogP contribution in [0.25, 0.3) is 0 Å². The zero-order valence-corrected chi connectivity index (χ0v) is 9.91. The lowest BCUT2D eigenvalue weighted by Gasteiger charge is -2.39. The molecule has 0 aliphatic carbocycles. The summed E-state index contributed by atoms with van der Waals surface area (Å²) in [6.45, 7) is 8.47. The highest BCUT2D eigenvalue weighted by atomic mass is 16.4. The highest BCUT2D eigenvalue weighted by Gasteiger charge is 2.29. The average molecular weight is 201 g/mol. The van der Waals surface area contributed by atoms with Crippen LogP contribution in [0, 0.1) is 0 Å². The Balaban J connectivity index is 4.70. The van der Waals surface area contributed by atoms with Gasteiger partial charge in [0.05, 0.1) is 6.04 Å². The maximum Gasteiger partial charge on any atom is 0.156 e. The summed E-state index contributed by atoms with van der Waals surface area (Å²) in [4.78, 5) is 2.15. The van der Waals surface area contributed by atoms with E-state index in [9.17, 15) is 0 Å². The van der Waals surface area contributed by atoms with Crippen LogP contribution in [0.1, 0.15) is 40.5 Å². The summed E-state index contributed by atoms with van der Waals surface area (Å²) in [5.41, 5.74) is 5.70. The average Bonchev–Trinajstić information content (AvgIpc) is 2.18. The van der Waals surface area contributed by atoms with Gasteiger partial charge in [-0.2, -0.15) is 0 Å². The molecular weight excluding hydrogens is 178 g/mol. The molecule has 0 amide bonds. The normalized spacial score (nSPS) is 16.0. The zero-order valence-electron chi connectivity index (χ0n) is 9.91. The van der Waals surface area contributed by atoms with Crippen LogP contribution >= 0.6 is 0 Å². The zero-order chi connectivity index (χ0) is 11.4. The minimum absolute atomic E-state index is 0.00921. The summed E-state index contributed by atoms with van der Waals surface area (Å²) in [7, 11) is 2.01. The van der Waals surface area contributed by atoms with Crippen molar-refractivity contribution in [3.8, 4) is 0 Å². The molecule has 0 aromatic carbocycles. The summed E-state index contributed by atoms with van der Waals surface area (Å²) >= 11 is 0. The van der Waals surface area contributed by atoms with Gasteiger partial charge in [0.25, 0.3) is 0 Å². The SMILES string of the molecule is CCC(C(N)=NO)N(C)C(C)(C)CC. The van der Waals surface area contributed by atoms with Crippen LogP contribution in [0.4, 0.5) is 0 Å². The maximum absolute atomic E-state index is 8.66. The Morgan fingerprint density at radius 2 is 2.00 bits per heavy atom. The van der Waals surface area contributed by atoms with E-state index in [0.29, 0.717) is 0 Å². The minimum Gasteiger partial charge on any atom is -0.409 e. The number of hydrogen-bond donors (Lipinski definition) is 2. The fourth-order valence-electron chi connectivity index (χ4n) is 1.42. The van der Waals surface area contributed by atoms with Crippen molar-refractivity contribution in [2.45, 2.75) is 52.1 Å². The number of hydrogen-bond acceptors (Lipinski definition) is 3. The van der Waals surface area contributed by atoms with E-state index in [1.807, 2.05) is 14.0 Å². The van der Waals surface area contributed by atoms with Gasteiger partial charge >= 0.3 is 0 Å². The predicted octanol–water partition coefficient (Wildman–Crippen LogP) is 1.63. The van der Waals surface area contributed by atoms with Gasteiger partial charge < -0.3 is 10.9 Å². The summed E-state index contributed by atoms with van der Waals surface area (Å²) < 4.78 is 0.